The third-order valence-electron chi connectivity index (χ3n) is 5.74. The van der Waals surface area contributed by atoms with Crippen LogP contribution in [0.2, 0.25) is 0 Å². The lowest BCUT2D eigenvalue weighted by Crippen LogP contribution is -2.55. The first-order valence-corrected chi connectivity index (χ1v) is 9.38. The van der Waals surface area contributed by atoms with Crippen LogP contribution in [0.3, 0.4) is 0 Å². The Bertz CT molecular complexity index is 674. The molecule has 0 unspecified atom stereocenters. The molecular weight excluding hydrogens is 336 g/mol. The van der Waals surface area contributed by atoms with E-state index in [4.69, 9.17) is 9.47 Å². The van der Waals surface area contributed by atoms with Crippen molar-refractivity contribution in [1.82, 2.24) is 19.4 Å². The van der Waals surface area contributed by atoms with Gasteiger partial charge in [0.2, 0.25) is 5.91 Å². The smallest absolute Gasteiger partial charge is 0.253 e. The zero-order valence-corrected chi connectivity index (χ0v) is 15.2. The van der Waals surface area contributed by atoms with Gasteiger partial charge in [-0.25, -0.2) is 4.98 Å². The molecule has 1 spiro atoms. The van der Waals surface area contributed by atoms with E-state index in [2.05, 4.69) is 9.55 Å². The van der Waals surface area contributed by atoms with Crippen molar-refractivity contribution in [3.8, 4) is 0 Å². The lowest BCUT2D eigenvalue weighted by Gasteiger charge is -2.46. The van der Waals surface area contributed by atoms with Gasteiger partial charge in [0.25, 0.3) is 5.91 Å². The fourth-order valence-electron chi connectivity index (χ4n) is 4.34. The first kappa shape index (κ1) is 17.5. The van der Waals surface area contributed by atoms with Crippen LogP contribution in [0.4, 0.5) is 0 Å². The average molecular weight is 362 g/mol. The molecule has 4 heterocycles. The standard InChI is InChI=1S/C18H26N4O4/c1-25-13-15(23)20-9-4-18(5-10-20)17-19-6-11-22(17)12-14(26-18)16(24)21-7-2-3-8-21/h6,11,14H,2-5,7-10,12-13H2,1H3/t14-/m0/s1. The van der Waals surface area contributed by atoms with Crippen molar-refractivity contribution in [2.24, 2.45) is 0 Å². The SMILES string of the molecule is COCC(=O)N1CCC2(CC1)O[C@H](C(=O)N1CCCC1)Cn1ccnc12. The molecule has 2 fully saturated rings. The average Bonchev–Trinajstić information content (AvgIpc) is 3.34. The highest BCUT2D eigenvalue weighted by molar-refractivity contribution is 5.81. The number of nitrogens with zero attached hydrogens (tertiary/aromatic N) is 4. The number of fused-ring (bicyclic) bond motifs is 2. The number of likely N-dealkylation sites (tertiary alicyclic amines) is 2. The van der Waals surface area contributed by atoms with Crippen LogP contribution in [0.1, 0.15) is 31.5 Å². The molecule has 3 aliphatic heterocycles. The fourth-order valence-corrected chi connectivity index (χ4v) is 4.34. The molecule has 26 heavy (non-hydrogen) atoms. The molecule has 0 saturated carbocycles. The van der Waals surface area contributed by atoms with E-state index >= 15 is 0 Å². The normalized spacial score (nSPS) is 24.7. The van der Waals surface area contributed by atoms with E-state index in [9.17, 15) is 9.59 Å². The van der Waals surface area contributed by atoms with E-state index in [1.54, 1.807) is 11.1 Å². The minimum Gasteiger partial charge on any atom is -0.375 e. The van der Waals surface area contributed by atoms with Gasteiger partial charge in [-0.1, -0.05) is 0 Å². The van der Waals surface area contributed by atoms with Crippen molar-refractivity contribution < 1.29 is 19.1 Å². The summed E-state index contributed by atoms with van der Waals surface area (Å²) >= 11 is 0. The van der Waals surface area contributed by atoms with E-state index in [0.717, 1.165) is 31.8 Å². The van der Waals surface area contributed by atoms with Gasteiger partial charge in [-0.2, -0.15) is 0 Å². The largest absolute Gasteiger partial charge is 0.375 e. The van der Waals surface area contributed by atoms with Crippen LogP contribution in [0.5, 0.6) is 0 Å². The Morgan fingerprint density at radius 3 is 2.65 bits per heavy atom. The number of carbonyl (C=O) groups excluding carboxylic acids is 2. The van der Waals surface area contributed by atoms with Gasteiger partial charge in [0.05, 0.1) is 6.54 Å². The summed E-state index contributed by atoms with van der Waals surface area (Å²) in [6.07, 6.45) is 6.63. The van der Waals surface area contributed by atoms with Gasteiger partial charge in [0.1, 0.15) is 18.0 Å². The zero-order valence-electron chi connectivity index (χ0n) is 15.2. The maximum atomic E-state index is 12.9. The molecule has 1 aromatic heterocycles. The van der Waals surface area contributed by atoms with Crippen LogP contribution >= 0.6 is 0 Å². The molecule has 0 aliphatic carbocycles. The van der Waals surface area contributed by atoms with Crippen molar-refractivity contribution >= 4 is 11.8 Å². The molecular formula is C18H26N4O4. The van der Waals surface area contributed by atoms with Crippen LogP contribution < -0.4 is 0 Å². The maximum Gasteiger partial charge on any atom is 0.253 e. The zero-order chi connectivity index (χ0) is 18.1. The molecule has 0 N–H and O–H groups in total. The van der Waals surface area contributed by atoms with Gasteiger partial charge < -0.3 is 23.8 Å². The van der Waals surface area contributed by atoms with E-state index in [0.29, 0.717) is 32.5 Å². The van der Waals surface area contributed by atoms with Crippen LogP contribution in [0, 0.1) is 0 Å². The lowest BCUT2D eigenvalue weighted by molar-refractivity contribution is -0.182. The highest BCUT2D eigenvalue weighted by atomic mass is 16.5. The van der Waals surface area contributed by atoms with Crippen molar-refractivity contribution in [2.75, 3.05) is 39.9 Å². The van der Waals surface area contributed by atoms with Crippen molar-refractivity contribution in [1.29, 1.82) is 0 Å². The van der Waals surface area contributed by atoms with Gasteiger partial charge in [-0.3, -0.25) is 9.59 Å². The van der Waals surface area contributed by atoms with Crippen molar-refractivity contribution in [3.05, 3.63) is 18.2 Å². The number of methoxy groups -OCH3 is 1. The molecule has 2 amide bonds. The molecule has 1 aromatic rings. The van der Waals surface area contributed by atoms with Crippen LogP contribution in [0.25, 0.3) is 0 Å². The number of carbonyl (C=O) groups is 2. The predicted molar refractivity (Wildman–Crippen MR) is 92.3 cm³/mol. The summed E-state index contributed by atoms with van der Waals surface area (Å²) in [5.74, 6) is 0.951. The maximum absolute atomic E-state index is 12.9. The predicted octanol–water partition coefficient (Wildman–Crippen LogP) is 0.368. The Labute approximate surface area is 153 Å². The molecule has 4 rings (SSSR count). The Kier molecular flexibility index (Phi) is 4.71. The number of ether oxygens (including phenoxy) is 2. The number of rotatable bonds is 3. The van der Waals surface area contributed by atoms with E-state index < -0.39 is 11.7 Å². The molecule has 0 bridgehead atoms. The Hall–Kier alpha value is -1.93. The Morgan fingerprint density at radius 1 is 1.23 bits per heavy atom. The number of amides is 2. The monoisotopic (exact) mass is 362 g/mol. The summed E-state index contributed by atoms with van der Waals surface area (Å²) in [5.41, 5.74) is -0.592. The molecule has 2 saturated heterocycles. The molecule has 1 atom stereocenters. The number of hydrogen-bond acceptors (Lipinski definition) is 5. The van der Waals surface area contributed by atoms with E-state index in [1.807, 2.05) is 11.1 Å². The quantitative estimate of drug-likeness (QED) is 0.776. The van der Waals surface area contributed by atoms with E-state index in [-0.39, 0.29) is 18.4 Å². The Morgan fingerprint density at radius 2 is 1.96 bits per heavy atom. The fraction of sp³-hybridized carbons (Fsp3) is 0.722. The summed E-state index contributed by atoms with van der Waals surface area (Å²) < 4.78 is 13.4. The highest BCUT2D eigenvalue weighted by Crippen LogP contribution is 2.40. The number of aromatic nitrogens is 2. The summed E-state index contributed by atoms with van der Waals surface area (Å²) in [6, 6.07) is 0. The molecule has 3 aliphatic rings. The lowest BCUT2D eigenvalue weighted by atomic mass is 9.88. The second-order valence-corrected chi connectivity index (χ2v) is 7.35. The van der Waals surface area contributed by atoms with Gasteiger partial charge in [-0.15, -0.1) is 0 Å². The van der Waals surface area contributed by atoms with Crippen molar-refractivity contribution in [2.45, 2.75) is 43.9 Å². The van der Waals surface area contributed by atoms with Crippen LogP contribution in [0.15, 0.2) is 12.4 Å². The number of imidazole rings is 1. The Balaban J connectivity index is 1.52. The topological polar surface area (TPSA) is 76.9 Å². The summed E-state index contributed by atoms with van der Waals surface area (Å²) in [4.78, 5) is 33.2. The van der Waals surface area contributed by atoms with Gasteiger partial charge in [-0.05, 0) is 12.8 Å². The summed E-state index contributed by atoms with van der Waals surface area (Å²) in [6.45, 7) is 3.42. The first-order chi connectivity index (χ1) is 12.6. The van der Waals surface area contributed by atoms with Crippen LogP contribution in [-0.2, 0) is 31.2 Å². The molecule has 0 aromatic carbocycles. The molecule has 0 radical (unpaired) electrons. The third-order valence-corrected chi connectivity index (χ3v) is 5.74. The van der Waals surface area contributed by atoms with Crippen molar-refractivity contribution in [3.63, 3.8) is 0 Å². The minimum absolute atomic E-state index is 0.00815. The second kappa shape index (κ2) is 7.00. The molecule has 8 nitrogen and oxygen atoms in total. The second-order valence-electron chi connectivity index (χ2n) is 7.35. The minimum atomic E-state index is -0.592. The van der Waals surface area contributed by atoms with E-state index in [1.165, 1.54) is 7.11 Å². The van der Waals surface area contributed by atoms with Gasteiger partial charge >= 0.3 is 0 Å². The highest BCUT2D eigenvalue weighted by Gasteiger charge is 2.48. The summed E-state index contributed by atoms with van der Waals surface area (Å²) in [7, 11) is 1.53. The number of piperidine rings is 1. The van der Waals surface area contributed by atoms with Gasteiger partial charge in [0, 0.05) is 58.5 Å². The number of hydrogen-bond donors (Lipinski definition) is 0. The van der Waals surface area contributed by atoms with Crippen LogP contribution in [-0.4, -0.2) is 77.2 Å². The molecule has 142 valence electrons. The molecule has 8 heteroatoms. The summed E-state index contributed by atoms with van der Waals surface area (Å²) in [5, 5.41) is 0. The van der Waals surface area contributed by atoms with Gasteiger partial charge in [0.15, 0.2) is 6.10 Å². The third kappa shape index (κ3) is 3.01. The first-order valence-electron chi connectivity index (χ1n) is 9.38.